The van der Waals surface area contributed by atoms with Gasteiger partial charge in [-0.2, -0.15) is 0 Å². The Bertz CT molecular complexity index is 8160. The van der Waals surface area contributed by atoms with Gasteiger partial charge >= 0.3 is 0 Å². The molecule has 12 nitrogen and oxygen atoms in total. The summed E-state index contributed by atoms with van der Waals surface area (Å²) < 4.78 is 142. The molecule has 616 valence electrons. The first-order valence-electron chi connectivity index (χ1n) is 47.6. The lowest BCUT2D eigenvalue weighted by Crippen LogP contribution is -2.31. The van der Waals surface area contributed by atoms with Crippen molar-refractivity contribution in [3.05, 3.63) is 334 Å². The van der Waals surface area contributed by atoms with Gasteiger partial charge in [0, 0.05) is 129 Å². The molecule has 0 radical (unpaired) electrons. The number of halogens is 1. The average molecular weight is 1650 g/mol. The van der Waals surface area contributed by atoms with E-state index in [1.165, 1.54) is 55.2 Å². The van der Waals surface area contributed by atoms with E-state index in [0.717, 1.165) is 183 Å². The van der Waals surface area contributed by atoms with Crippen molar-refractivity contribution in [1.29, 1.82) is 0 Å². The minimum absolute atomic E-state index is 0.155. The predicted octanol–water partition coefficient (Wildman–Crippen LogP) is 26.9. The highest BCUT2D eigenvalue weighted by molar-refractivity contribution is 6.12. The number of fused-ring (bicyclic) bond motifs is 12. The normalized spacial score (nSPS) is 14.8. The molecule has 0 aliphatic rings. The molecule has 0 fully saturated rings. The summed E-state index contributed by atoms with van der Waals surface area (Å²) in [5, 5.41) is 8.20. The number of hydrogen-bond donors (Lipinski definition) is 0. The van der Waals surface area contributed by atoms with E-state index in [2.05, 4.69) is 196 Å². The number of hydrogen-bond acceptors (Lipinski definition) is 8. The van der Waals surface area contributed by atoms with Gasteiger partial charge in [0.2, 0.25) is 45.6 Å². The average Bonchev–Trinajstić information content (AvgIpc) is 1.56. The first-order chi connectivity index (χ1) is 64.3. The molecule has 0 amide bonds. The molecule has 20 aromatic rings. The van der Waals surface area contributed by atoms with Crippen LogP contribution >= 0.6 is 0 Å². The first-order valence-corrected chi connectivity index (χ1v) is 41.6. The van der Waals surface area contributed by atoms with Crippen molar-refractivity contribution in [2.75, 3.05) is 0 Å². The number of rotatable bonds is 12. The van der Waals surface area contributed by atoms with Crippen molar-refractivity contribution < 1.29 is 56.8 Å². The lowest BCUT2D eigenvalue weighted by atomic mass is 9.96. The van der Waals surface area contributed by atoms with E-state index in [1.807, 2.05) is 164 Å². The van der Waals surface area contributed by atoms with Gasteiger partial charge in [-0.05, 0) is 233 Å². The molecule has 8 aromatic carbocycles. The Kier molecular flexibility index (Phi) is 18.7. The molecule has 0 N–H and O–H groups in total. The van der Waals surface area contributed by atoms with Crippen LogP contribution in [0.3, 0.4) is 0 Å². The molecule has 3 atom stereocenters. The summed E-state index contributed by atoms with van der Waals surface area (Å²) >= 11 is 0. The fourth-order valence-corrected chi connectivity index (χ4v) is 17.0. The molecule has 12 heterocycles. The molecule has 0 saturated heterocycles. The molecule has 0 bridgehead atoms. The van der Waals surface area contributed by atoms with Crippen LogP contribution in [-0.4, -0.2) is 19.9 Å². The van der Waals surface area contributed by atoms with Crippen molar-refractivity contribution in [2.24, 2.45) is 34.1 Å². The van der Waals surface area contributed by atoms with Crippen molar-refractivity contribution in [1.82, 2.24) is 19.9 Å². The van der Waals surface area contributed by atoms with Crippen LogP contribution in [0.1, 0.15) is 137 Å². The van der Waals surface area contributed by atoms with Crippen LogP contribution in [0.5, 0.6) is 0 Å². The minimum Gasteiger partial charge on any atom is -0.437 e. The lowest BCUT2D eigenvalue weighted by Gasteiger charge is -2.10. The number of nitrogens with zero attached hydrogens (tertiary/aromatic N) is 8. The van der Waals surface area contributed by atoms with Crippen molar-refractivity contribution in [3.63, 3.8) is 0 Å². The number of aromatic nitrogens is 8. The van der Waals surface area contributed by atoms with Crippen molar-refractivity contribution in [3.8, 4) is 89.5 Å². The molecule has 0 spiro atoms. The van der Waals surface area contributed by atoms with Gasteiger partial charge in [0.05, 0.1) is 22.3 Å². The van der Waals surface area contributed by atoms with Crippen molar-refractivity contribution >= 4 is 88.3 Å². The number of benzene rings is 8. The van der Waals surface area contributed by atoms with Gasteiger partial charge in [0.1, 0.15) is 34.0 Å². The smallest absolute Gasteiger partial charge is 0.227 e. The summed E-state index contributed by atoms with van der Waals surface area (Å²) in [5.74, 6) is -6.01. The van der Waals surface area contributed by atoms with Crippen molar-refractivity contribution in [2.45, 2.75) is 122 Å². The lowest BCUT2D eigenvalue weighted by molar-refractivity contribution is -0.660. The molecule has 20 rings (SSSR count). The van der Waals surface area contributed by atoms with E-state index < -0.39 is 44.1 Å². The number of pyridine rings is 8. The second kappa shape index (κ2) is 33.8. The van der Waals surface area contributed by atoms with E-state index in [0.29, 0.717) is 34.0 Å². The summed E-state index contributed by atoms with van der Waals surface area (Å²) in [5.41, 5.74) is 32.2. The van der Waals surface area contributed by atoms with E-state index >= 15 is 0 Å². The third-order valence-electron chi connectivity index (χ3n) is 23.4. The van der Waals surface area contributed by atoms with Crippen LogP contribution < -0.4 is 18.3 Å². The third kappa shape index (κ3) is 16.1. The highest BCUT2D eigenvalue weighted by Crippen LogP contribution is 2.43. The minimum atomic E-state index is -2.67. The monoisotopic (exact) mass is 1640 g/mol. The molecule has 0 saturated carbocycles. The second-order valence-electron chi connectivity index (χ2n) is 32.9. The Hall–Kier alpha value is -13.9. The Labute approximate surface area is 741 Å². The van der Waals surface area contributed by atoms with E-state index in [1.54, 1.807) is 18.2 Å². The summed E-state index contributed by atoms with van der Waals surface area (Å²) in [6.45, 7) is 15.0. The van der Waals surface area contributed by atoms with Crippen LogP contribution in [-0.2, 0) is 34.6 Å². The zero-order chi connectivity index (χ0) is 97.1. The van der Waals surface area contributed by atoms with E-state index in [-0.39, 0.29) is 12.0 Å². The maximum atomic E-state index is 14.6. The highest BCUT2D eigenvalue weighted by Gasteiger charge is 2.28. The fourth-order valence-electron chi connectivity index (χ4n) is 17.0. The Balaban J connectivity index is 0.000000126. The molecule has 12 aromatic heterocycles. The fraction of sp³-hybridized carbons (Fsp3) is 0.207. The summed E-state index contributed by atoms with van der Waals surface area (Å²) in [6.07, 6.45) is 8.35. The maximum Gasteiger partial charge on any atom is 0.227 e. The standard InChI is InChI=1S/C29H29N2O.C28H26FN2O.C28H27N2O.C26H23N2O/c1-18(2)15-21-7-6-8-22(16-21)23-11-14-26(31(5)17-23)27-19(3)9-12-24-25-13-10-20(4)30-29(25)32-28(24)27;1-16(2)23-14-19(8-12-24(23)29)20-9-13-25(31(5)15-20)26-17(3)6-10-21-22-11-7-18(4)30-28(22)32-27(21)26;1-17(2)20-7-6-8-21(15-20)22-11-14-25(30(5)16-22)26-18(3)9-12-23-24-13-10-19(4)29-28(24)31-27(23)26;1-16-6-5-7-19(14-16)20-10-13-23(28(4)15-20)24-17(2)8-11-21-22-12-9-18(3)27-26(22)29-25(21)24/h6-14,16-18H,15H2,1-5H3;6-16H,1-5H3;6-17H,1-5H3;5-15H,1-4H3/q4*+1/i1D3,18D;1D3,16D;1D3,17D;. The zero-order valence-electron chi connectivity index (χ0n) is 84.6. The summed E-state index contributed by atoms with van der Waals surface area (Å²) in [4.78, 5) is 18.3. The molecule has 0 aliphatic heterocycles. The van der Waals surface area contributed by atoms with Crippen LogP contribution in [0, 0.1) is 74.0 Å². The van der Waals surface area contributed by atoms with Crippen LogP contribution in [0.4, 0.5) is 4.39 Å². The van der Waals surface area contributed by atoms with Gasteiger partial charge in [-0.3, -0.25) is 0 Å². The quantitative estimate of drug-likeness (QED) is 0.111. The first kappa shape index (κ1) is 68.7. The Morgan fingerprint density at radius 1 is 0.323 bits per heavy atom. The SMILES string of the molecule is Cc1cccc(-c2ccc(-c3c(C)ccc4c3oc3nc(C)ccc34)[n+](C)c2)c1.[2H]C([2H])([2H])C([2H])(C)Cc1cccc(-c2ccc(-c3c(C)ccc4c3oc3nc(C)ccc34)[n+](C)c2)c1.[2H]C([2H])([2H])C([2H])(C)c1cc(-c2ccc(-c3c(C)ccc4c3oc3nc(C)ccc34)[n+](C)c2)ccc1F.[2H]C([2H])([2H])C([2H])(C)c1cccc(-c2ccc(-c3c(C)ccc4c3oc3nc(C)ccc34)[n+](C)c2)c1. The van der Waals surface area contributed by atoms with Gasteiger partial charge < -0.3 is 17.7 Å². The van der Waals surface area contributed by atoms with Gasteiger partial charge in [-0.25, -0.2) is 42.6 Å². The molecule has 124 heavy (non-hydrogen) atoms. The number of aryl methyl sites for hydroxylation is 13. The predicted molar refractivity (Wildman–Crippen MR) is 504 cm³/mol. The largest absolute Gasteiger partial charge is 0.437 e. The number of furan rings is 4. The van der Waals surface area contributed by atoms with E-state index in [9.17, 15) is 4.39 Å². The topological polar surface area (TPSA) is 120 Å². The molecule has 3 unspecified atom stereocenters. The molecular formula is C111H105FN8O4+4. The van der Waals surface area contributed by atoms with Gasteiger partial charge in [0.25, 0.3) is 0 Å². The molecule has 0 aliphatic carbocycles. The molecular weight excluding hydrogens is 1530 g/mol. The second-order valence-corrected chi connectivity index (χ2v) is 32.9. The van der Waals surface area contributed by atoms with Crippen LogP contribution in [0.15, 0.2) is 279 Å². The third-order valence-corrected chi connectivity index (χ3v) is 23.4. The van der Waals surface area contributed by atoms with Gasteiger partial charge in [-0.1, -0.05) is 174 Å². The zero-order valence-corrected chi connectivity index (χ0v) is 72.6. The molecule has 13 heteroatoms. The summed E-state index contributed by atoms with van der Waals surface area (Å²) in [6, 6.07) is 77.5. The Morgan fingerprint density at radius 2 is 0.645 bits per heavy atom. The van der Waals surface area contributed by atoms with Crippen LogP contribution in [0.25, 0.3) is 178 Å². The maximum absolute atomic E-state index is 14.6. The van der Waals surface area contributed by atoms with Gasteiger partial charge in [0.15, 0.2) is 47.1 Å². The van der Waals surface area contributed by atoms with Gasteiger partial charge in [-0.15, -0.1) is 0 Å². The summed E-state index contributed by atoms with van der Waals surface area (Å²) in [7, 11) is 8.02. The van der Waals surface area contributed by atoms with E-state index in [4.69, 9.17) is 34.1 Å². The Morgan fingerprint density at radius 3 is 0.992 bits per heavy atom. The highest BCUT2D eigenvalue weighted by atomic mass is 19.1. The van der Waals surface area contributed by atoms with Crippen LogP contribution in [0.2, 0.25) is 0 Å².